The molecule has 0 spiro atoms. The van der Waals surface area contributed by atoms with E-state index in [-0.39, 0.29) is 29.9 Å². The van der Waals surface area contributed by atoms with Crippen molar-refractivity contribution in [2.45, 2.75) is 70.8 Å². The van der Waals surface area contributed by atoms with Crippen LogP contribution in [0.4, 0.5) is 4.39 Å². The normalized spacial score (nSPS) is 18.3. The van der Waals surface area contributed by atoms with Crippen molar-refractivity contribution in [1.29, 1.82) is 0 Å². The number of rotatable bonds is 9. The van der Waals surface area contributed by atoms with Crippen molar-refractivity contribution >= 4 is 11.8 Å². The van der Waals surface area contributed by atoms with E-state index < -0.39 is 24.2 Å². The van der Waals surface area contributed by atoms with Gasteiger partial charge in [-0.05, 0) is 52.2 Å². The summed E-state index contributed by atoms with van der Waals surface area (Å²) in [5, 5.41) is 20.1. The number of hydrogen-bond acceptors (Lipinski definition) is 7. The highest BCUT2D eigenvalue weighted by molar-refractivity contribution is 5.88. The number of benzene rings is 1. The van der Waals surface area contributed by atoms with Gasteiger partial charge in [0.1, 0.15) is 23.1 Å². The zero-order valence-electron chi connectivity index (χ0n) is 21.2. The van der Waals surface area contributed by atoms with E-state index in [1.165, 1.54) is 12.3 Å². The van der Waals surface area contributed by atoms with Gasteiger partial charge in [0.15, 0.2) is 6.23 Å². The van der Waals surface area contributed by atoms with Crippen LogP contribution in [0.25, 0.3) is 11.3 Å². The minimum atomic E-state index is -1.31. The van der Waals surface area contributed by atoms with Crippen LogP contribution in [0.3, 0.4) is 0 Å². The summed E-state index contributed by atoms with van der Waals surface area (Å²) in [6.45, 7) is 6.06. The molecule has 0 saturated carbocycles. The van der Waals surface area contributed by atoms with Crippen molar-refractivity contribution in [3.63, 3.8) is 0 Å². The molecule has 1 aromatic carbocycles. The average Bonchev–Trinajstić information content (AvgIpc) is 3.53. The lowest BCUT2D eigenvalue weighted by Gasteiger charge is -2.34. The summed E-state index contributed by atoms with van der Waals surface area (Å²) >= 11 is 0. The highest BCUT2D eigenvalue weighted by Gasteiger charge is 2.31. The number of amides is 2. The maximum Gasteiger partial charge on any atom is 0.238 e. The fourth-order valence-electron chi connectivity index (χ4n) is 4.53. The Morgan fingerprint density at radius 3 is 2.81 bits per heavy atom. The minimum Gasteiger partial charge on any atom is -0.372 e. The fraction of sp³-hybridized carbons (Fsp3) is 0.462. The Bertz CT molecular complexity index is 1230. The number of aliphatic hydroxyl groups is 1. The molecular weight excluding hydrogens is 479 g/mol. The number of piperidine rings is 1. The van der Waals surface area contributed by atoms with Crippen molar-refractivity contribution in [2.75, 3.05) is 6.54 Å². The predicted molar refractivity (Wildman–Crippen MR) is 133 cm³/mol. The number of carbonyl (C=O) groups is 2. The Morgan fingerprint density at radius 2 is 2.11 bits per heavy atom. The average molecular weight is 513 g/mol. The van der Waals surface area contributed by atoms with Gasteiger partial charge in [-0.15, -0.1) is 0 Å². The molecule has 2 amide bonds. The van der Waals surface area contributed by atoms with Gasteiger partial charge in [0.05, 0.1) is 30.4 Å². The summed E-state index contributed by atoms with van der Waals surface area (Å²) in [6, 6.07) is 6.35. The summed E-state index contributed by atoms with van der Waals surface area (Å²) in [7, 11) is 0. The molecule has 10 nitrogen and oxygen atoms in total. The Balaban J connectivity index is 1.48. The Kier molecular flexibility index (Phi) is 8.34. The highest BCUT2D eigenvalue weighted by Crippen LogP contribution is 2.23. The number of hydrogen-bond donors (Lipinski definition) is 4. The molecule has 1 fully saturated rings. The third kappa shape index (κ3) is 6.41. The van der Waals surface area contributed by atoms with Crippen LogP contribution in [0.1, 0.15) is 69.1 Å². The van der Waals surface area contributed by atoms with Crippen LogP contribution in [0.15, 0.2) is 41.1 Å². The molecule has 1 aliphatic heterocycles. The van der Waals surface area contributed by atoms with E-state index in [1.807, 2.05) is 6.92 Å². The van der Waals surface area contributed by atoms with E-state index in [0.29, 0.717) is 29.4 Å². The SMILES string of the molecule is Cc1cc(C(O)N[C@@H](CC(=O)N2CCCC[C@@H]2C)C(=O)N[C@@H](C)c2ncc(-c3ccccc3F)[nH]2)no1. The molecule has 3 heterocycles. The standard InChI is InChI=1S/C26H33FN6O4/c1-15-8-6-7-11-33(15)23(34)13-20(31-26(36)21-12-16(2)37-32-21)25(35)29-17(3)24-28-14-22(30-24)18-9-4-5-10-19(18)27/h4-5,9-10,12,14-15,17,20,26,31,36H,6-8,11,13H2,1-3H3,(H,28,30)(H,29,35)/t15-,17-,20-,26?/m0/s1. The van der Waals surface area contributed by atoms with Crippen LogP contribution in [-0.4, -0.2) is 55.6 Å². The fourth-order valence-corrected chi connectivity index (χ4v) is 4.53. The lowest BCUT2D eigenvalue weighted by Crippen LogP contribution is -2.51. The molecule has 11 heteroatoms. The van der Waals surface area contributed by atoms with Crippen LogP contribution in [0.2, 0.25) is 0 Å². The Morgan fingerprint density at radius 1 is 1.32 bits per heavy atom. The van der Waals surface area contributed by atoms with Gasteiger partial charge in [0, 0.05) is 24.2 Å². The molecule has 0 radical (unpaired) electrons. The van der Waals surface area contributed by atoms with E-state index in [0.717, 1.165) is 19.3 Å². The van der Waals surface area contributed by atoms with E-state index in [4.69, 9.17) is 4.52 Å². The molecule has 4 atom stereocenters. The summed E-state index contributed by atoms with van der Waals surface area (Å²) in [6.07, 6.45) is 2.94. The molecule has 0 bridgehead atoms. The maximum absolute atomic E-state index is 14.2. The van der Waals surface area contributed by atoms with Crippen LogP contribution >= 0.6 is 0 Å². The molecule has 1 unspecified atom stereocenters. The maximum atomic E-state index is 14.2. The van der Waals surface area contributed by atoms with Crippen molar-refractivity contribution < 1.29 is 23.6 Å². The monoisotopic (exact) mass is 512 g/mol. The molecule has 1 aliphatic rings. The summed E-state index contributed by atoms with van der Waals surface area (Å²) in [5.41, 5.74) is 1.06. The third-order valence-electron chi connectivity index (χ3n) is 6.63. The second-order valence-electron chi connectivity index (χ2n) is 9.51. The first-order valence-corrected chi connectivity index (χ1v) is 12.5. The van der Waals surface area contributed by atoms with Gasteiger partial charge < -0.3 is 24.8 Å². The molecular formula is C26H33FN6O4. The van der Waals surface area contributed by atoms with Crippen LogP contribution < -0.4 is 10.6 Å². The number of nitrogens with zero attached hydrogens (tertiary/aromatic N) is 3. The van der Waals surface area contributed by atoms with E-state index >= 15 is 0 Å². The number of nitrogens with one attached hydrogen (secondary N) is 3. The molecule has 4 N–H and O–H groups in total. The van der Waals surface area contributed by atoms with Crippen molar-refractivity contribution in [1.82, 2.24) is 30.7 Å². The summed E-state index contributed by atoms with van der Waals surface area (Å²) < 4.78 is 19.2. The second-order valence-corrected chi connectivity index (χ2v) is 9.51. The van der Waals surface area contributed by atoms with Gasteiger partial charge in [0.25, 0.3) is 0 Å². The number of H-pyrrole nitrogens is 1. The number of carbonyl (C=O) groups excluding carboxylic acids is 2. The van der Waals surface area contributed by atoms with Crippen LogP contribution in [0.5, 0.6) is 0 Å². The quantitative estimate of drug-likeness (QED) is 0.323. The van der Waals surface area contributed by atoms with Gasteiger partial charge in [-0.3, -0.25) is 14.9 Å². The molecule has 1 saturated heterocycles. The van der Waals surface area contributed by atoms with Gasteiger partial charge in [0.2, 0.25) is 11.8 Å². The molecule has 0 aliphatic carbocycles. The lowest BCUT2D eigenvalue weighted by atomic mass is 10.0. The molecule has 4 rings (SSSR count). The summed E-state index contributed by atoms with van der Waals surface area (Å²) in [4.78, 5) is 35.6. The van der Waals surface area contributed by atoms with Crippen molar-refractivity contribution in [2.24, 2.45) is 0 Å². The zero-order valence-corrected chi connectivity index (χ0v) is 21.2. The largest absolute Gasteiger partial charge is 0.372 e. The molecule has 3 aromatic rings. The number of aliphatic hydroxyl groups excluding tert-OH is 1. The predicted octanol–water partition coefficient (Wildman–Crippen LogP) is 3.13. The van der Waals surface area contributed by atoms with Gasteiger partial charge in [-0.2, -0.15) is 0 Å². The van der Waals surface area contributed by atoms with E-state index in [9.17, 15) is 19.1 Å². The number of aromatic nitrogens is 3. The molecule has 37 heavy (non-hydrogen) atoms. The first-order chi connectivity index (χ1) is 17.7. The number of aryl methyl sites for hydroxylation is 1. The topological polar surface area (TPSA) is 136 Å². The second kappa shape index (κ2) is 11.7. The zero-order chi connectivity index (χ0) is 26.5. The lowest BCUT2D eigenvalue weighted by molar-refractivity contribution is -0.138. The van der Waals surface area contributed by atoms with E-state index in [2.05, 4.69) is 25.8 Å². The van der Waals surface area contributed by atoms with Crippen molar-refractivity contribution in [3.8, 4) is 11.3 Å². The molecule has 198 valence electrons. The summed E-state index contributed by atoms with van der Waals surface area (Å²) in [5.74, 6) is -0.119. The number of aromatic amines is 1. The van der Waals surface area contributed by atoms with Crippen molar-refractivity contribution in [3.05, 3.63) is 59.6 Å². The Labute approximate surface area is 214 Å². The van der Waals surface area contributed by atoms with Gasteiger partial charge in [-0.1, -0.05) is 17.3 Å². The highest BCUT2D eigenvalue weighted by atomic mass is 19.1. The number of halogens is 1. The first-order valence-electron chi connectivity index (χ1n) is 12.5. The van der Waals surface area contributed by atoms with Gasteiger partial charge in [-0.25, -0.2) is 9.37 Å². The Hall–Kier alpha value is -3.57. The van der Waals surface area contributed by atoms with E-state index in [1.54, 1.807) is 43.0 Å². The van der Waals surface area contributed by atoms with Crippen LogP contribution in [0, 0.1) is 12.7 Å². The third-order valence-corrected chi connectivity index (χ3v) is 6.63. The number of imidazole rings is 1. The molecule has 2 aromatic heterocycles. The van der Waals surface area contributed by atoms with Gasteiger partial charge >= 0.3 is 0 Å². The smallest absolute Gasteiger partial charge is 0.238 e. The van der Waals surface area contributed by atoms with Crippen LogP contribution in [-0.2, 0) is 9.59 Å². The minimum absolute atomic E-state index is 0.0897. The number of likely N-dealkylation sites (tertiary alicyclic amines) is 1. The first kappa shape index (κ1) is 26.5.